The molecule has 32 heavy (non-hydrogen) atoms. The highest BCUT2D eigenvalue weighted by Crippen LogP contribution is 2.23. The minimum atomic E-state index is 0.0408. The Balaban J connectivity index is 1.71. The van der Waals surface area contributed by atoms with Gasteiger partial charge >= 0.3 is 0 Å². The molecule has 0 saturated heterocycles. The predicted octanol–water partition coefficient (Wildman–Crippen LogP) is 5.01. The van der Waals surface area contributed by atoms with Gasteiger partial charge in [0.25, 0.3) is 5.91 Å². The molecule has 2 aromatic heterocycles. The van der Waals surface area contributed by atoms with E-state index in [0.717, 1.165) is 33.9 Å². The quantitative estimate of drug-likeness (QED) is 0.361. The molecule has 1 amide bonds. The summed E-state index contributed by atoms with van der Waals surface area (Å²) in [5, 5.41) is 2.06. The summed E-state index contributed by atoms with van der Waals surface area (Å²) in [4.78, 5) is 24.1. The summed E-state index contributed by atoms with van der Waals surface area (Å²) in [5.41, 5.74) is 6.52. The molecule has 2 heterocycles. The summed E-state index contributed by atoms with van der Waals surface area (Å²) in [6, 6.07) is 14.0. The summed E-state index contributed by atoms with van der Waals surface area (Å²) in [6.07, 6.45) is 0.685. The lowest BCUT2D eigenvalue weighted by molar-refractivity contribution is 0.0773. The van der Waals surface area contributed by atoms with Gasteiger partial charge < -0.3 is 14.2 Å². The maximum Gasteiger partial charge on any atom is 0.253 e. The highest BCUT2D eigenvalue weighted by atomic mass is 32.1. The van der Waals surface area contributed by atoms with E-state index in [1.165, 1.54) is 0 Å². The third-order valence-corrected chi connectivity index (χ3v) is 6.16. The SMILES string of the molecule is CCOc1ccc(Cc2nc3cc(C(=O)N(CC)CC)ccc3n2Cc2cscn2)cc1. The van der Waals surface area contributed by atoms with Crippen molar-refractivity contribution in [3.8, 4) is 5.75 Å². The van der Waals surface area contributed by atoms with Crippen LogP contribution in [0.2, 0.25) is 0 Å². The number of benzene rings is 2. The molecule has 0 spiro atoms. The second-order valence-corrected chi connectivity index (χ2v) is 8.25. The van der Waals surface area contributed by atoms with Crippen molar-refractivity contribution >= 4 is 28.3 Å². The van der Waals surface area contributed by atoms with Gasteiger partial charge in [-0.1, -0.05) is 12.1 Å². The summed E-state index contributed by atoms with van der Waals surface area (Å²) in [5.74, 6) is 1.86. The number of aromatic nitrogens is 3. The van der Waals surface area contributed by atoms with Gasteiger partial charge in [-0.25, -0.2) is 9.97 Å². The Bertz CT molecular complexity index is 1180. The van der Waals surface area contributed by atoms with Crippen LogP contribution in [0.15, 0.2) is 53.4 Å². The highest BCUT2D eigenvalue weighted by Gasteiger charge is 2.17. The zero-order valence-corrected chi connectivity index (χ0v) is 19.6. The molecule has 0 fully saturated rings. The van der Waals surface area contributed by atoms with E-state index >= 15 is 0 Å². The van der Waals surface area contributed by atoms with E-state index in [-0.39, 0.29) is 5.91 Å². The molecule has 0 aliphatic heterocycles. The number of ether oxygens (including phenoxy) is 1. The van der Waals surface area contributed by atoms with Crippen molar-refractivity contribution in [1.29, 1.82) is 0 Å². The van der Waals surface area contributed by atoms with E-state index in [4.69, 9.17) is 9.72 Å². The first-order valence-electron chi connectivity index (χ1n) is 11.0. The number of amides is 1. The van der Waals surface area contributed by atoms with Gasteiger partial charge in [0, 0.05) is 30.5 Å². The van der Waals surface area contributed by atoms with Crippen LogP contribution in [0.4, 0.5) is 0 Å². The number of carbonyl (C=O) groups is 1. The fourth-order valence-corrected chi connectivity index (χ4v) is 4.40. The van der Waals surface area contributed by atoms with Crippen LogP contribution in [0.3, 0.4) is 0 Å². The van der Waals surface area contributed by atoms with Gasteiger partial charge in [0.2, 0.25) is 0 Å². The van der Waals surface area contributed by atoms with Gasteiger partial charge in [-0.2, -0.15) is 0 Å². The number of hydrogen-bond acceptors (Lipinski definition) is 5. The number of thiazole rings is 1. The van der Waals surface area contributed by atoms with Gasteiger partial charge in [-0.05, 0) is 56.7 Å². The fraction of sp³-hybridized carbons (Fsp3) is 0.320. The average Bonchev–Trinajstić information content (AvgIpc) is 3.44. The van der Waals surface area contributed by atoms with Gasteiger partial charge in [-0.15, -0.1) is 11.3 Å². The van der Waals surface area contributed by atoms with Crippen LogP contribution in [-0.4, -0.2) is 45.0 Å². The molecule has 0 aliphatic carbocycles. The molecule has 4 rings (SSSR count). The number of imidazole rings is 1. The summed E-state index contributed by atoms with van der Waals surface area (Å²) in [6.45, 7) is 8.65. The van der Waals surface area contributed by atoms with Crippen molar-refractivity contribution < 1.29 is 9.53 Å². The van der Waals surface area contributed by atoms with Crippen molar-refractivity contribution in [2.45, 2.75) is 33.7 Å². The zero-order chi connectivity index (χ0) is 22.5. The van der Waals surface area contributed by atoms with E-state index in [9.17, 15) is 4.79 Å². The second kappa shape index (κ2) is 9.96. The van der Waals surface area contributed by atoms with Crippen LogP contribution in [0, 0.1) is 0 Å². The Hall–Kier alpha value is -3.19. The Labute approximate surface area is 192 Å². The van der Waals surface area contributed by atoms with E-state index in [1.807, 2.05) is 61.5 Å². The largest absolute Gasteiger partial charge is 0.494 e. The van der Waals surface area contributed by atoms with Crippen LogP contribution < -0.4 is 4.74 Å². The number of rotatable bonds is 9. The second-order valence-electron chi connectivity index (χ2n) is 7.53. The van der Waals surface area contributed by atoms with Crippen LogP contribution >= 0.6 is 11.3 Å². The first kappa shape index (κ1) is 22.0. The molecule has 0 atom stereocenters. The van der Waals surface area contributed by atoms with Crippen LogP contribution in [0.25, 0.3) is 11.0 Å². The number of carbonyl (C=O) groups excluding carboxylic acids is 1. The maximum absolute atomic E-state index is 12.8. The van der Waals surface area contributed by atoms with Crippen molar-refractivity contribution in [1.82, 2.24) is 19.4 Å². The molecule has 6 nitrogen and oxygen atoms in total. The monoisotopic (exact) mass is 448 g/mol. The molecule has 166 valence electrons. The summed E-state index contributed by atoms with van der Waals surface area (Å²) < 4.78 is 7.76. The van der Waals surface area contributed by atoms with E-state index in [1.54, 1.807) is 11.3 Å². The standard InChI is InChI=1S/C25H28N4O2S/c1-4-28(5-2)25(30)19-9-12-23-22(14-19)27-24(29(23)15-20-16-32-17-26-20)13-18-7-10-21(11-8-18)31-6-3/h7-12,14,16-17H,4-6,13,15H2,1-3H3. The number of hydrogen-bond donors (Lipinski definition) is 0. The first-order chi connectivity index (χ1) is 15.6. The Morgan fingerprint density at radius 2 is 1.88 bits per heavy atom. The van der Waals surface area contributed by atoms with Crippen LogP contribution in [0.5, 0.6) is 5.75 Å². The third kappa shape index (κ3) is 4.67. The maximum atomic E-state index is 12.8. The van der Waals surface area contributed by atoms with Gasteiger partial charge in [-0.3, -0.25) is 4.79 Å². The number of nitrogens with zero attached hydrogens (tertiary/aromatic N) is 4. The normalized spacial score (nSPS) is 11.1. The van der Waals surface area contributed by atoms with Gasteiger partial charge in [0.15, 0.2) is 0 Å². The van der Waals surface area contributed by atoms with Gasteiger partial charge in [0.1, 0.15) is 11.6 Å². The third-order valence-electron chi connectivity index (χ3n) is 5.53. The molecule has 2 aromatic carbocycles. The lowest BCUT2D eigenvalue weighted by Gasteiger charge is -2.18. The predicted molar refractivity (Wildman–Crippen MR) is 129 cm³/mol. The highest BCUT2D eigenvalue weighted by molar-refractivity contribution is 7.07. The Kier molecular flexibility index (Phi) is 6.85. The molecule has 0 radical (unpaired) electrons. The molecule has 0 aliphatic rings. The Morgan fingerprint density at radius 3 is 2.53 bits per heavy atom. The number of fused-ring (bicyclic) bond motifs is 1. The van der Waals surface area contributed by atoms with E-state index in [0.29, 0.717) is 38.2 Å². The fourth-order valence-electron chi connectivity index (χ4n) is 3.85. The van der Waals surface area contributed by atoms with Gasteiger partial charge in [0.05, 0.1) is 35.4 Å². The molecular weight excluding hydrogens is 420 g/mol. The Morgan fingerprint density at radius 1 is 1.09 bits per heavy atom. The van der Waals surface area contributed by atoms with Crippen molar-refractivity contribution in [2.24, 2.45) is 0 Å². The lowest BCUT2D eigenvalue weighted by Crippen LogP contribution is -2.30. The summed E-state index contributed by atoms with van der Waals surface area (Å²) in [7, 11) is 0. The summed E-state index contributed by atoms with van der Waals surface area (Å²) >= 11 is 1.59. The molecule has 4 aromatic rings. The van der Waals surface area contributed by atoms with Crippen molar-refractivity contribution in [2.75, 3.05) is 19.7 Å². The zero-order valence-electron chi connectivity index (χ0n) is 18.7. The van der Waals surface area contributed by atoms with E-state index < -0.39 is 0 Å². The minimum absolute atomic E-state index is 0.0408. The molecule has 0 N–H and O–H groups in total. The molecule has 7 heteroatoms. The smallest absolute Gasteiger partial charge is 0.253 e. The van der Waals surface area contributed by atoms with Crippen LogP contribution in [-0.2, 0) is 13.0 Å². The molecule has 0 saturated carbocycles. The average molecular weight is 449 g/mol. The van der Waals surface area contributed by atoms with Crippen molar-refractivity contribution in [3.63, 3.8) is 0 Å². The molecule has 0 unspecified atom stereocenters. The van der Waals surface area contributed by atoms with Crippen LogP contribution in [0.1, 0.15) is 48.2 Å². The molecule has 0 bridgehead atoms. The molecular formula is C25H28N4O2S. The lowest BCUT2D eigenvalue weighted by atomic mass is 10.1. The topological polar surface area (TPSA) is 60.2 Å². The minimum Gasteiger partial charge on any atom is -0.494 e. The first-order valence-corrected chi connectivity index (χ1v) is 11.9. The van der Waals surface area contributed by atoms with E-state index in [2.05, 4.69) is 27.1 Å². The van der Waals surface area contributed by atoms with Crippen molar-refractivity contribution in [3.05, 3.63) is 76.0 Å².